The lowest BCUT2D eigenvalue weighted by Gasteiger charge is -2.16. The fourth-order valence-corrected chi connectivity index (χ4v) is 1.52. The maximum absolute atomic E-state index is 12.0. The van der Waals surface area contributed by atoms with Crippen LogP contribution in [0.25, 0.3) is 0 Å². The van der Waals surface area contributed by atoms with Gasteiger partial charge in [-0.05, 0) is 19.3 Å². The van der Waals surface area contributed by atoms with Crippen LogP contribution in [0.15, 0.2) is 12.4 Å². The van der Waals surface area contributed by atoms with E-state index in [1.54, 1.807) is 25.2 Å². The van der Waals surface area contributed by atoms with Gasteiger partial charge in [0, 0.05) is 27.2 Å². The van der Waals surface area contributed by atoms with Gasteiger partial charge in [0.15, 0.2) is 0 Å². The molecule has 1 heterocycles. The van der Waals surface area contributed by atoms with Gasteiger partial charge in [0.1, 0.15) is 11.5 Å². The lowest BCUT2D eigenvalue weighted by Crippen LogP contribution is -2.28. The molecule has 6 nitrogen and oxygen atoms in total. The Balaban J connectivity index is 2.51. The molecule has 0 spiro atoms. The van der Waals surface area contributed by atoms with Crippen LogP contribution in [-0.2, 0) is 0 Å². The smallest absolute Gasteiger partial charge is 0.273 e. The number of nitrogens with zero attached hydrogens (tertiary/aromatic N) is 3. The van der Waals surface area contributed by atoms with Crippen LogP contribution >= 0.6 is 0 Å². The first-order valence-corrected chi connectivity index (χ1v) is 6.05. The second-order valence-corrected chi connectivity index (χ2v) is 4.05. The zero-order valence-electron chi connectivity index (χ0n) is 10.9. The van der Waals surface area contributed by atoms with Gasteiger partial charge in [-0.1, -0.05) is 0 Å². The Morgan fingerprint density at radius 3 is 2.83 bits per heavy atom. The van der Waals surface area contributed by atoms with E-state index in [0.29, 0.717) is 18.1 Å². The Morgan fingerprint density at radius 2 is 2.17 bits per heavy atom. The van der Waals surface area contributed by atoms with E-state index in [1.807, 2.05) is 0 Å². The quantitative estimate of drug-likeness (QED) is 0.700. The van der Waals surface area contributed by atoms with Crippen molar-refractivity contribution in [2.75, 3.05) is 32.6 Å². The highest BCUT2D eigenvalue weighted by atomic mass is 16.2. The molecule has 0 atom stereocenters. The third-order valence-electron chi connectivity index (χ3n) is 2.61. The van der Waals surface area contributed by atoms with E-state index in [1.165, 1.54) is 6.20 Å². The van der Waals surface area contributed by atoms with Gasteiger partial charge in [-0.15, -0.1) is 0 Å². The summed E-state index contributed by atoms with van der Waals surface area (Å²) in [6.07, 6.45) is 5.60. The van der Waals surface area contributed by atoms with Crippen molar-refractivity contribution < 1.29 is 9.90 Å². The standard InChI is InChI=1S/C12H20N4O2/c1-13-11-9-14-8-10(15-11)12(18)16(2)6-4-3-5-7-17/h8-9,17H,3-7H2,1-2H3,(H,13,15). The van der Waals surface area contributed by atoms with E-state index < -0.39 is 0 Å². The van der Waals surface area contributed by atoms with E-state index in [9.17, 15) is 4.79 Å². The number of carbonyl (C=O) groups excluding carboxylic acids is 1. The molecule has 0 aromatic carbocycles. The third-order valence-corrected chi connectivity index (χ3v) is 2.61. The zero-order chi connectivity index (χ0) is 13.4. The van der Waals surface area contributed by atoms with Gasteiger partial charge in [0.25, 0.3) is 5.91 Å². The molecule has 0 radical (unpaired) electrons. The number of aliphatic hydroxyl groups excluding tert-OH is 1. The highest BCUT2D eigenvalue weighted by Gasteiger charge is 2.13. The summed E-state index contributed by atoms with van der Waals surface area (Å²) in [6, 6.07) is 0. The van der Waals surface area contributed by atoms with Crippen molar-refractivity contribution in [1.29, 1.82) is 0 Å². The summed E-state index contributed by atoms with van der Waals surface area (Å²) >= 11 is 0. The van der Waals surface area contributed by atoms with Crippen molar-refractivity contribution in [2.45, 2.75) is 19.3 Å². The van der Waals surface area contributed by atoms with Crippen LogP contribution in [-0.4, -0.2) is 53.1 Å². The number of aromatic nitrogens is 2. The van der Waals surface area contributed by atoms with E-state index in [4.69, 9.17) is 5.11 Å². The summed E-state index contributed by atoms with van der Waals surface area (Å²) in [7, 11) is 3.48. The number of carbonyl (C=O) groups is 1. The Morgan fingerprint density at radius 1 is 1.39 bits per heavy atom. The summed E-state index contributed by atoms with van der Waals surface area (Å²) in [6.45, 7) is 0.859. The number of hydrogen-bond acceptors (Lipinski definition) is 5. The fourth-order valence-electron chi connectivity index (χ4n) is 1.52. The molecular weight excluding hydrogens is 232 g/mol. The summed E-state index contributed by atoms with van der Waals surface area (Å²) in [5.74, 6) is 0.443. The molecule has 0 bridgehead atoms. The number of hydrogen-bond donors (Lipinski definition) is 2. The molecule has 1 aromatic rings. The Labute approximate surface area is 107 Å². The van der Waals surface area contributed by atoms with Crippen LogP contribution < -0.4 is 5.32 Å². The number of amides is 1. The molecule has 18 heavy (non-hydrogen) atoms. The molecule has 2 N–H and O–H groups in total. The molecule has 0 fully saturated rings. The van der Waals surface area contributed by atoms with Crippen molar-refractivity contribution in [3.63, 3.8) is 0 Å². The molecular formula is C12H20N4O2. The number of rotatable bonds is 7. The van der Waals surface area contributed by atoms with E-state index >= 15 is 0 Å². The average molecular weight is 252 g/mol. The van der Waals surface area contributed by atoms with Crippen LogP contribution in [0, 0.1) is 0 Å². The SMILES string of the molecule is CNc1cncc(C(=O)N(C)CCCCCO)n1. The molecule has 1 amide bonds. The Kier molecular flexibility index (Phi) is 6.07. The minimum absolute atomic E-state index is 0.136. The first-order valence-electron chi connectivity index (χ1n) is 6.05. The lowest BCUT2D eigenvalue weighted by atomic mass is 10.2. The molecule has 0 aliphatic rings. The van der Waals surface area contributed by atoms with Crippen molar-refractivity contribution in [3.05, 3.63) is 18.1 Å². The first kappa shape index (κ1) is 14.4. The second-order valence-electron chi connectivity index (χ2n) is 4.05. The highest BCUT2D eigenvalue weighted by Crippen LogP contribution is 2.05. The van der Waals surface area contributed by atoms with E-state index in [0.717, 1.165) is 19.3 Å². The summed E-state index contributed by atoms with van der Waals surface area (Å²) in [5, 5.41) is 11.5. The fraction of sp³-hybridized carbons (Fsp3) is 0.583. The van der Waals surface area contributed by atoms with E-state index in [-0.39, 0.29) is 12.5 Å². The molecule has 1 aromatic heterocycles. The molecule has 0 aliphatic heterocycles. The molecule has 100 valence electrons. The summed E-state index contributed by atoms with van der Waals surface area (Å²) in [5.41, 5.74) is 0.339. The van der Waals surface area contributed by atoms with Crippen molar-refractivity contribution in [3.8, 4) is 0 Å². The monoisotopic (exact) mass is 252 g/mol. The molecule has 0 saturated carbocycles. The maximum Gasteiger partial charge on any atom is 0.273 e. The normalized spacial score (nSPS) is 10.2. The van der Waals surface area contributed by atoms with Gasteiger partial charge < -0.3 is 15.3 Å². The van der Waals surface area contributed by atoms with Crippen molar-refractivity contribution in [2.24, 2.45) is 0 Å². The van der Waals surface area contributed by atoms with E-state index in [2.05, 4.69) is 15.3 Å². The number of nitrogens with one attached hydrogen (secondary N) is 1. The highest BCUT2D eigenvalue weighted by molar-refractivity contribution is 5.92. The predicted octanol–water partition coefficient (Wildman–Crippen LogP) is 0.753. The predicted molar refractivity (Wildman–Crippen MR) is 69.5 cm³/mol. The average Bonchev–Trinajstić information content (AvgIpc) is 2.42. The number of anilines is 1. The van der Waals surface area contributed by atoms with Gasteiger partial charge in [0.2, 0.25) is 0 Å². The third kappa shape index (κ3) is 4.29. The second kappa shape index (κ2) is 7.60. The molecule has 0 aliphatic carbocycles. The maximum atomic E-state index is 12.0. The molecule has 1 rings (SSSR count). The van der Waals surface area contributed by atoms with Crippen molar-refractivity contribution >= 4 is 11.7 Å². The molecule has 6 heteroatoms. The van der Waals surface area contributed by atoms with Gasteiger partial charge in [0.05, 0.1) is 12.4 Å². The molecule has 0 saturated heterocycles. The molecule has 0 unspecified atom stereocenters. The van der Waals surface area contributed by atoms with Gasteiger partial charge in [-0.2, -0.15) is 0 Å². The van der Waals surface area contributed by atoms with Crippen LogP contribution in [0.5, 0.6) is 0 Å². The topological polar surface area (TPSA) is 78.4 Å². The van der Waals surface area contributed by atoms with Crippen LogP contribution in [0.1, 0.15) is 29.8 Å². The Hall–Kier alpha value is -1.69. The zero-order valence-corrected chi connectivity index (χ0v) is 10.9. The van der Waals surface area contributed by atoms with Gasteiger partial charge >= 0.3 is 0 Å². The van der Waals surface area contributed by atoms with Crippen molar-refractivity contribution in [1.82, 2.24) is 14.9 Å². The van der Waals surface area contributed by atoms with Crippen LogP contribution in [0.4, 0.5) is 5.82 Å². The first-order chi connectivity index (χ1) is 8.69. The van der Waals surface area contributed by atoms with Crippen LogP contribution in [0.3, 0.4) is 0 Å². The number of aliphatic hydroxyl groups is 1. The van der Waals surface area contributed by atoms with Crippen LogP contribution in [0.2, 0.25) is 0 Å². The minimum atomic E-state index is -0.136. The van der Waals surface area contributed by atoms with Gasteiger partial charge in [-0.3, -0.25) is 9.78 Å². The summed E-state index contributed by atoms with van der Waals surface area (Å²) < 4.78 is 0. The largest absolute Gasteiger partial charge is 0.396 e. The lowest BCUT2D eigenvalue weighted by molar-refractivity contribution is 0.0786. The summed E-state index contributed by atoms with van der Waals surface area (Å²) in [4.78, 5) is 21.8. The Bertz CT molecular complexity index is 384. The van der Waals surface area contributed by atoms with Gasteiger partial charge in [-0.25, -0.2) is 4.98 Å². The minimum Gasteiger partial charge on any atom is -0.396 e. The number of unbranched alkanes of at least 4 members (excludes halogenated alkanes) is 2.